The van der Waals surface area contributed by atoms with Crippen molar-refractivity contribution < 1.29 is 5.11 Å². The van der Waals surface area contributed by atoms with E-state index in [1.165, 1.54) is 14.6 Å². The Kier molecular flexibility index (Phi) is 2.67. The van der Waals surface area contributed by atoms with Crippen LogP contribution in [0.25, 0.3) is 0 Å². The second kappa shape index (κ2) is 3.64. The fourth-order valence-corrected chi connectivity index (χ4v) is 4.47. The average molecular weight is 214 g/mol. The molecule has 2 heterocycles. The summed E-state index contributed by atoms with van der Waals surface area (Å²) < 4.78 is 1.34. The molecule has 2 rings (SSSR count). The summed E-state index contributed by atoms with van der Waals surface area (Å²) in [6, 6.07) is 2.17. The van der Waals surface area contributed by atoms with Crippen molar-refractivity contribution in [1.82, 2.24) is 0 Å². The standard InChI is InChI=1S/C10H14OS2/c1-3-7-5-8-9(11)4-6(2)12-10(8)13-7/h5-6,9,11H,3-4H2,1-2H3. The Morgan fingerprint density at radius 1 is 1.62 bits per heavy atom. The van der Waals surface area contributed by atoms with Gasteiger partial charge in [0.25, 0.3) is 0 Å². The molecule has 0 saturated heterocycles. The normalized spacial score (nSPS) is 27.3. The molecule has 1 aliphatic heterocycles. The van der Waals surface area contributed by atoms with E-state index in [1.54, 1.807) is 0 Å². The summed E-state index contributed by atoms with van der Waals surface area (Å²) in [6.07, 6.45) is 1.76. The van der Waals surface area contributed by atoms with Gasteiger partial charge in [-0.1, -0.05) is 13.8 Å². The smallest absolute Gasteiger partial charge is 0.0819 e. The van der Waals surface area contributed by atoms with Crippen LogP contribution in [0.5, 0.6) is 0 Å². The minimum atomic E-state index is -0.220. The number of thioether (sulfide) groups is 1. The van der Waals surface area contributed by atoms with Gasteiger partial charge in [-0.15, -0.1) is 23.1 Å². The first kappa shape index (κ1) is 9.56. The van der Waals surface area contributed by atoms with Gasteiger partial charge in [0.15, 0.2) is 0 Å². The second-order valence-electron chi connectivity index (χ2n) is 3.49. The molecular weight excluding hydrogens is 200 g/mol. The van der Waals surface area contributed by atoms with E-state index in [0.717, 1.165) is 12.8 Å². The van der Waals surface area contributed by atoms with E-state index in [2.05, 4.69) is 19.9 Å². The minimum absolute atomic E-state index is 0.220. The molecule has 2 unspecified atom stereocenters. The van der Waals surface area contributed by atoms with Gasteiger partial charge in [0.1, 0.15) is 0 Å². The highest BCUT2D eigenvalue weighted by molar-refractivity contribution is 8.01. The van der Waals surface area contributed by atoms with E-state index >= 15 is 0 Å². The number of fused-ring (bicyclic) bond motifs is 1. The Labute approximate surface area is 87.2 Å². The molecule has 0 aliphatic carbocycles. The Morgan fingerprint density at radius 2 is 2.38 bits per heavy atom. The van der Waals surface area contributed by atoms with E-state index < -0.39 is 0 Å². The van der Waals surface area contributed by atoms with Gasteiger partial charge in [-0.2, -0.15) is 0 Å². The summed E-state index contributed by atoms with van der Waals surface area (Å²) in [5, 5.41) is 10.4. The van der Waals surface area contributed by atoms with Crippen molar-refractivity contribution >= 4 is 23.1 Å². The topological polar surface area (TPSA) is 20.2 Å². The zero-order valence-electron chi connectivity index (χ0n) is 7.91. The molecule has 1 N–H and O–H groups in total. The number of rotatable bonds is 1. The van der Waals surface area contributed by atoms with Crippen LogP contribution in [0.1, 0.15) is 36.8 Å². The van der Waals surface area contributed by atoms with Gasteiger partial charge >= 0.3 is 0 Å². The van der Waals surface area contributed by atoms with Crippen LogP contribution >= 0.6 is 23.1 Å². The lowest BCUT2D eigenvalue weighted by molar-refractivity contribution is 0.164. The predicted molar refractivity (Wildman–Crippen MR) is 58.6 cm³/mol. The zero-order valence-corrected chi connectivity index (χ0v) is 9.54. The minimum Gasteiger partial charge on any atom is -0.388 e. The lowest BCUT2D eigenvalue weighted by Crippen LogP contribution is -2.10. The predicted octanol–water partition coefficient (Wildman–Crippen LogP) is 3.23. The Hall–Kier alpha value is 0.01000. The third-order valence-electron chi connectivity index (χ3n) is 2.35. The molecule has 0 amide bonds. The Bertz CT molecular complexity index is 306. The number of hydrogen-bond acceptors (Lipinski definition) is 3. The fourth-order valence-electron chi connectivity index (χ4n) is 1.61. The third-order valence-corrected chi connectivity index (χ3v) is 5.02. The SMILES string of the molecule is CCc1cc2c(s1)SC(C)CC2O. The van der Waals surface area contributed by atoms with Crippen LogP contribution in [0, 0.1) is 0 Å². The van der Waals surface area contributed by atoms with Gasteiger partial charge < -0.3 is 5.11 Å². The molecule has 13 heavy (non-hydrogen) atoms. The number of aliphatic hydroxyl groups excluding tert-OH is 1. The highest BCUT2D eigenvalue weighted by Gasteiger charge is 2.25. The van der Waals surface area contributed by atoms with Crippen LogP contribution in [-0.2, 0) is 6.42 Å². The second-order valence-corrected chi connectivity index (χ2v) is 6.33. The summed E-state index contributed by atoms with van der Waals surface area (Å²) in [5.41, 5.74) is 1.17. The van der Waals surface area contributed by atoms with E-state index in [0.29, 0.717) is 5.25 Å². The maximum Gasteiger partial charge on any atom is 0.0819 e. The van der Waals surface area contributed by atoms with Crippen molar-refractivity contribution in [2.24, 2.45) is 0 Å². The highest BCUT2D eigenvalue weighted by atomic mass is 32.2. The van der Waals surface area contributed by atoms with E-state index in [1.807, 2.05) is 23.1 Å². The molecule has 72 valence electrons. The van der Waals surface area contributed by atoms with Crippen molar-refractivity contribution in [3.63, 3.8) is 0 Å². The molecule has 0 aromatic carbocycles. The fraction of sp³-hybridized carbons (Fsp3) is 0.600. The quantitative estimate of drug-likeness (QED) is 0.774. The van der Waals surface area contributed by atoms with Gasteiger partial charge in [-0.05, 0) is 18.9 Å². The van der Waals surface area contributed by atoms with Crippen molar-refractivity contribution in [3.05, 3.63) is 16.5 Å². The molecule has 1 nitrogen and oxygen atoms in total. The highest BCUT2D eigenvalue weighted by Crippen LogP contribution is 2.45. The van der Waals surface area contributed by atoms with Crippen LogP contribution < -0.4 is 0 Å². The Balaban J connectivity index is 2.35. The number of thiophene rings is 1. The summed E-state index contributed by atoms with van der Waals surface area (Å²) in [7, 11) is 0. The van der Waals surface area contributed by atoms with Gasteiger partial charge in [-0.3, -0.25) is 0 Å². The largest absolute Gasteiger partial charge is 0.388 e. The van der Waals surface area contributed by atoms with Crippen LogP contribution in [-0.4, -0.2) is 10.4 Å². The lowest BCUT2D eigenvalue weighted by atomic mass is 10.1. The zero-order chi connectivity index (χ0) is 9.42. The van der Waals surface area contributed by atoms with Gasteiger partial charge in [0, 0.05) is 15.7 Å². The maximum atomic E-state index is 9.83. The summed E-state index contributed by atoms with van der Waals surface area (Å²) in [5.74, 6) is 0. The van der Waals surface area contributed by atoms with Crippen LogP contribution in [0.2, 0.25) is 0 Å². The summed E-state index contributed by atoms with van der Waals surface area (Å²) in [6.45, 7) is 4.35. The van der Waals surface area contributed by atoms with Crippen LogP contribution in [0.3, 0.4) is 0 Å². The van der Waals surface area contributed by atoms with Gasteiger partial charge in [0.2, 0.25) is 0 Å². The molecule has 1 aromatic rings. The van der Waals surface area contributed by atoms with Crippen LogP contribution in [0.4, 0.5) is 0 Å². The maximum absolute atomic E-state index is 9.83. The van der Waals surface area contributed by atoms with E-state index in [9.17, 15) is 5.11 Å². The van der Waals surface area contributed by atoms with Crippen molar-refractivity contribution in [2.45, 2.75) is 42.3 Å². The number of aryl methyl sites for hydroxylation is 1. The number of aliphatic hydroxyl groups is 1. The molecule has 1 aromatic heterocycles. The molecule has 0 fully saturated rings. The first-order valence-corrected chi connectivity index (χ1v) is 6.37. The van der Waals surface area contributed by atoms with Crippen molar-refractivity contribution in [3.8, 4) is 0 Å². The monoisotopic (exact) mass is 214 g/mol. The molecule has 2 atom stereocenters. The molecule has 1 aliphatic rings. The van der Waals surface area contributed by atoms with Gasteiger partial charge in [-0.25, -0.2) is 0 Å². The van der Waals surface area contributed by atoms with Crippen LogP contribution in [0.15, 0.2) is 10.3 Å². The third kappa shape index (κ3) is 1.78. The molecule has 0 saturated carbocycles. The first-order chi connectivity index (χ1) is 6.20. The van der Waals surface area contributed by atoms with Crippen molar-refractivity contribution in [2.75, 3.05) is 0 Å². The van der Waals surface area contributed by atoms with Crippen molar-refractivity contribution in [1.29, 1.82) is 0 Å². The molecule has 0 radical (unpaired) electrons. The Morgan fingerprint density at radius 3 is 3.08 bits per heavy atom. The van der Waals surface area contributed by atoms with E-state index in [-0.39, 0.29) is 6.10 Å². The molecule has 0 spiro atoms. The summed E-state index contributed by atoms with van der Waals surface area (Å²) in [4.78, 5) is 1.39. The van der Waals surface area contributed by atoms with Gasteiger partial charge in [0.05, 0.1) is 10.3 Å². The molecule has 3 heteroatoms. The van der Waals surface area contributed by atoms with E-state index in [4.69, 9.17) is 0 Å². The number of hydrogen-bond donors (Lipinski definition) is 1. The summed E-state index contributed by atoms with van der Waals surface area (Å²) >= 11 is 3.76. The first-order valence-electron chi connectivity index (χ1n) is 4.68. The average Bonchev–Trinajstić information content (AvgIpc) is 2.47. The molecule has 0 bridgehead atoms. The molecular formula is C10H14OS2. The lowest BCUT2D eigenvalue weighted by Gasteiger charge is -2.22.